The first kappa shape index (κ1) is 23.7. The molecule has 5 aromatic rings. The van der Waals surface area contributed by atoms with Gasteiger partial charge < -0.3 is 9.64 Å². The van der Waals surface area contributed by atoms with Crippen LogP contribution in [0.25, 0.3) is 27.6 Å². The van der Waals surface area contributed by atoms with Crippen LogP contribution in [-0.2, 0) is 13.0 Å². The molecule has 0 saturated heterocycles. The lowest BCUT2D eigenvalue weighted by molar-refractivity contribution is 0.0780. The van der Waals surface area contributed by atoms with Crippen molar-refractivity contribution in [1.82, 2.24) is 9.88 Å². The Hall–Kier alpha value is -4.70. The molecule has 6 rings (SSSR count). The fourth-order valence-electron chi connectivity index (χ4n) is 4.98. The number of allylic oxidation sites excluding steroid dienone is 1. The average molecular weight is 497 g/mol. The lowest BCUT2D eigenvalue weighted by atomic mass is 9.97. The molecule has 0 bridgehead atoms. The van der Waals surface area contributed by atoms with Gasteiger partial charge in [-0.25, -0.2) is 0 Å². The zero-order valence-corrected chi connectivity index (χ0v) is 21.4. The van der Waals surface area contributed by atoms with Crippen LogP contribution >= 0.6 is 0 Å². The second kappa shape index (κ2) is 9.98. The first-order valence-corrected chi connectivity index (χ1v) is 12.9. The number of para-hydroxylation sites is 1. The van der Waals surface area contributed by atoms with E-state index in [1.54, 1.807) is 0 Å². The Morgan fingerprint density at radius 3 is 2.37 bits per heavy atom. The van der Waals surface area contributed by atoms with Crippen LogP contribution in [0.1, 0.15) is 34.1 Å². The summed E-state index contributed by atoms with van der Waals surface area (Å²) in [5, 5.41) is 1.13. The Morgan fingerprint density at radius 2 is 1.61 bits per heavy atom. The molecule has 2 heterocycles. The number of carbonyl (C=O) groups excluding carboxylic acids is 1. The normalized spacial score (nSPS) is 12.6. The molecular weight excluding hydrogens is 468 g/mol. The van der Waals surface area contributed by atoms with Gasteiger partial charge in [0, 0.05) is 30.6 Å². The van der Waals surface area contributed by atoms with Gasteiger partial charge in [-0.05, 0) is 65.6 Å². The molecule has 0 unspecified atom stereocenters. The minimum Gasteiger partial charge on any atom is -0.457 e. The van der Waals surface area contributed by atoms with Crippen LogP contribution in [0.4, 0.5) is 0 Å². The molecule has 1 aliphatic heterocycles. The van der Waals surface area contributed by atoms with Gasteiger partial charge in [-0.15, -0.1) is 0 Å². The molecule has 186 valence electrons. The maximum atomic E-state index is 13.5. The molecule has 0 atom stereocenters. The SMILES string of the molecule is C=C(C)c1ccc(Oc2ccc(-c3cccc4c3C(=O)N(CCc3ccc5ccccc5n3)C4)cc2)cc1. The summed E-state index contributed by atoms with van der Waals surface area (Å²) in [6.45, 7) is 7.22. The Balaban J connectivity index is 1.16. The third kappa shape index (κ3) is 4.69. The van der Waals surface area contributed by atoms with Crippen LogP contribution in [-0.4, -0.2) is 22.3 Å². The number of amides is 1. The van der Waals surface area contributed by atoms with Gasteiger partial charge in [-0.2, -0.15) is 0 Å². The third-order valence-electron chi connectivity index (χ3n) is 7.06. The van der Waals surface area contributed by atoms with Gasteiger partial charge in [-0.3, -0.25) is 9.78 Å². The van der Waals surface area contributed by atoms with Crippen LogP contribution in [0.3, 0.4) is 0 Å². The number of nitrogens with zero attached hydrogens (tertiary/aromatic N) is 2. The highest BCUT2D eigenvalue weighted by molar-refractivity contribution is 6.04. The molecule has 0 fully saturated rings. The number of hydrogen-bond acceptors (Lipinski definition) is 3. The number of hydrogen-bond donors (Lipinski definition) is 0. The van der Waals surface area contributed by atoms with E-state index in [9.17, 15) is 4.79 Å². The summed E-state index contributed by atoms with van der Waals surface area (Å²) in [6.07, 6.45) is 0.722. The summed E-state index contributed by atoms with van der Waals surface area (Å²) in [4.78, 5) is 20.2. The van der Waals surface area contributed by atoms with Gasteiger partial charge in [0.25, 0.3) is 5.91 Å². The molecular formula is C34H28N2O2. The number of ether oxygens (including phenoxy) is 1. The second-order valence-corrected chi connectivity index (χ2v) is 9.74. The first-order valence-electron chi connectivity index (χ1n) is 12.9. The average Bonchev–Trinajstić information content (AvgIpc) is 3.28. The van der Waals surface area contributed by atoms with Gasteiger partial charge in [-0.1, -0.05) is 78.9 Å². The number of fused-ring (bicyclic) bond motifs is 2. The molecule has 0 spiro atoms. The van der Waals surface area contributed by atoms with E-state index in [-0.39, 0.29) is 5.91 Å². The van der Waals surface area contributed by atoms with Gasteiger partial charge in [0.15, 0.2) is 0 Å². The van der Waals surface area contributed by atoms with Gasteiger partial charge in [0.05, 0.1) is 11.1 Å². The minimum atomic E-state index is 0.0781. The van der Waals surface area contributed by atoms with Gasteiger partial charge in [0.2, 0.25) is 0 Å². The van der Waals surface area contributed by atoms with E-state index in [0.29, 0.717) is 13.1 Å². The van der Waals surface area contributed by atoms with Crippen molar-refractivity contribution >= 4 is 22.4 Å². The molecule has 4 nitrogen and oxygen atoms in total. The van der Waals surface area contributed by atoms with Crippen molar-refractivity contribution in [1.29, 1.82) is 0 Å². The van der Waals surface area contributed by atoms with E-state index in [1.165, 1.54) is 0 Å². The Morgan fingerprint density at radius 1 is 0.868 bits per heavy atom. The highest BCUT2D eigenvalue weighted by Gasteiger charge is 2.29. The molecule has 0 saturated carbocycles. The van der Waals surface area contributed by atoms with Crippen LogP contribution in [0.2, 0.25) is 0 Å². The Labute approximate surface area is 222 Å². The molecule has 4 heteroatoms. The van der Waals surface area contributed by atoms with Gasteiger partial charge >= 0.3 is 0 Å². The zero-order chi connectivity index (χ0) is 26.1. The number of carbonyl (C=O) groups is 1. The fraction of sp³-hybridized carbons (Fsp3) is 0.118. The van der Waals surface area contributed by atoms with E-state index in [1.807, 2.05) is 90.7 Å². The fourth-order valence-corrected chi connectivity index (χ4v) is 4.98. The van der Waals surface area contributed by atoms with E-state index >= 15 is 0 Å². The summed E-state index contributed by atoms with van der Waals surface area (Å²) in [7, 11) is 0. The molecule has 1 aromatic heterocycles. The molecule has 0 radical (unpaired) electrons. The highest BCUT2D eigenvalue weighted by atomic mass is 16.5. The van der Waals surface area contributed by atoms with Crippen LogP contribution in [0.5, 0.6) is 11.5 Å². The van der Waals surface area contributed by atoms with Crippen LogP contribution in [0, 0.1) is 0 Å². The van der Waals surface area contributed by atoms with E-state index < -0.39 is 0 Å². The second-order valence-electron chi connectivity index (χ2n) is 9.74. The van der Waals surface area contributed by atoms with Crippen LogP contribution < -0.4 is 4.74 Å². The lowest BCUT2D eigenvalue weighted by Gasteiger charge is -2.15. The summed E-state index contributed by atoms with van der Waals surface area (Å²) in [6, 6.07) is 34.2. The molecule has 1 amide bonds. The molecule has 38 heavy (non-hydrogen) atoms. The van der Waals surface area contributed by atoms with Crippen molar-refractivity contribution in [3.8, 4) is 22.6 Å². The first-order chi connectivity index (χ1) is 18.5. The molecule has 0 aliphatic carbocycles. The predicted molar refractivity (Wildman–Crippen MR) is 153 cm³/mol. The van der Waals surface area contributed by atoms with Crippen molar-refractivity contribution < 1.29 is 9.53 Å². The molecule has 1 aliphatic rings. The number of rotatable bonds is 7. The largest absolute Gasteiger partial charge is 0.457 e. The van der Waals surface area contributed by atoms with Crippen LogP contribution in [0.15, 0.2) is 110 Å². The number of benzene rings is 4. The zero-order valence-electron chi connectivity index (χ0n) is 21.4. The lowest BCUT2D eigenvalue weighted by Crippen LogP contribution is -2.26. The summed E-state index contributed by atoms with van der Waals surface area (Å²) in [5.41, 5.74) is 7.92. The van der Waals surface area contributed by atoms with Crippen molar-refractivity contribution in [2.24, 2.45) is 0 Å². The number of pyridine rings is 1. The minimum absolute atomic E-state index is 0.0781. The summed E-state index contributed by atoms with van der Waals surface area (Å²) < 4.78 is 6.02. The highest BCUT2D eigenvalue weighted by Crippen LogP contribution is 2.34. The topological polar surface area (TPSA) is 42.4 Å². The van der Waals surface area contributed by atoms with Crippen molar-refractivity contribution in [3.63, 3.8) is 0 Å². The predicted octanol–water partition coefficient (Wildman–Crippen LogP) is 7.93. The summed E-state index contributed by atoms with van der Waals surface area (Å²) in [5.74, 6) is 1.60. The van der Waals surface area contributed by atoms with E-state index in [2.05, 4.69) is 30.8 Å². The molecule has 0 N–H and O–H groups in total. The Bertz CT molecular complexity index is 1650. The molecule has 4 aromatic carbocycles. The van der Waals surface area contributed by atoms with E-state index in [0.717, 1.165) is 67.9 Å². The smallest absolute Gasteiger partial charge is 0.255 e. The van der Waals surface area contributed by atoms with E-state index in [4.69, 9.17) is 9.72 Å². The third-order valence-corrected chi connectivity index (χ3v) is 7.06. The van der Waals surface area contributed by atoms with Gasteiger partial charge in [0.1, 0.15) is 11.5 Å². The van der Waals surface area contributed by atoms with Crippen molar-refractivity contribution in [3.05, 3.63) is 132 Å². The Kier molecular flexibility index (Phi) is 6.22. The number of aromatic nitrogens is 1. The standard InChI is InChI=1S/C34H28N2O2/c1-23(2)24-11-16-29(17-12-24)38-30-18-13-25(14-19-30)31-8-5-7-27-22-36(34(37)33(27)31)21-20-28-15-10-26-6-3-4-9-32(26)35-28/h3-19H,1,20-22H2,2H3. The summed E-state index contributed by atoms with van der Waals surface area (Å²) >= 11 is 0. The van der Waals surface area contributed by atoms with Crippen molar-refractivity contribution in [2.75, 3.05) is 6.54 Å². The quantitative estimate of drug-likeness (QED) is 0.230. The monoisotopic (exact) mass is 496 g/mol. The maximum Gasteiger partial charge on any atom is 0.255 e. The van der Waals surface area contributed by atoms with Crippen molar-refractivity contribution in [2.45, 2.75) is 19.9 Å². The maximum absolute atomic E-state index is 13.5.